The molecule has 3 rings (SSSR count). The van der Waals surface area contributed by atoms with Crippen LogP contribution in [-0.4, -0.2) is 16.5 Å². The highest BCUT2D eigenvalue weighted by Crippen LogP contribution is 2.22. The van der Waals surface area contributed by atoms with Gasteiger partial charge in [-0.15, -0.1) is 0 Å². The summed E-state index contributed by atoms with van der Waals surface area (Å²) in [5.74, 6) is 0.0279. The van der Waals surface area contributed by atoms with Gasteiger partial charge < -0.3 is 14.3 Å². The monoisotopic (exact) mass is 260 g/mol. The third-order valence-corrected chi connectivity index (χ3v) is 3.99. The van der Waals surface area contributed by atoms with Crippen molar-refractivity contribution in [1.82, 2.24) is 9.88 Å². The number of aryl methyl sites for hydroxylation is 1. The van der Waals surface area contributed by atoms with Crippen molar-refractivity contribution in [3.8, 4) is 0 Å². The molecule has 102 valence electrons. The van der Waals surface area contributed by atoms with Crippen LogP contribution in [0.25, 0.3) is 11.1 Å². The van der Waals surface area contributed by atoms with Crippen LogP contribution in [0.1, 0.15) is 49.5 Å². The summed E-state index contributed by atoms with van der Waals surface area (Å²) in [7, 11) is 0. The number of nitrogens with one attached hydrogen (secondary N) is 1. The van der Waals surface area contributed by atoms with Gasteiger partial charge >= 0.3 is 0 Å². The minimum Gasteiger partial charge on any atom is -0.448 e. The predicted molar refractivity (Wildman–Crippen MR) is 74.2 cm³/mol. The van der Waals surface area contributed by atoms with E-state index in [4.69, 9.17) is 4.42 Å². The third-order valence-electron chi connectivity index (χ3n) is 3.99. The summed E-state index contributed by atoms with van der Waals surface area (Å²) < 4.78 is 7.38. The lowest BCUT2D eigenvalue weighted by atomic mass is 9.95. The Balaban J connectivity index is 1.82. The molecule has 0 spiro atoms. The van der Waals surface area contributed by atoms with Gasteiger partial charge in [0.25, 0.3) is 5.91 Å². The lowest BCUT2D eigenvalue weighted by Gasteiger charge is -2.22. The van der Waals surface area contributed by atoms with Crippen molar-refractivity contribution in [3.63, 3.8) is 0 Å². The topological polar surface area (TPSA) is 47.2 Å². The van der Waals surface area contributed by atoms with Gasteiger partial charge in [-0.25, -0.2) is 0 Å². The van der Waals surface area contributed by atoms with Gasteiger partial charge in [0, 0.05) is 18.0 Å². The molecule has 19 heavy (non-hydrogen) atoms. The van der Waals surface area contributed by atoms with E-state index < -0.39 is 0 Å². The fourth-order valence-corrected chi connectivity index (χ4v) is 2.98. The number of carbonyl (C=O) groups is 1. The molecule has 0 atom stereocenters. The maximum absolute atomic E-state index is 12.4. The summed E-state index contributed by atoms with van der Waals surface area (Å²) in [6.45, 7) is 2.77. The highest BCUT2D eigenvalue weighted by Gasteiger charge is 2.20. The minimum absolute atomic E-state index is 0.0279. The summed E-state index contributed by atoms with van der Waals surface area (Å²) in [5.41, 5.74) is 1.50. The summed E-state index contributed by atoms with van der Waals surface area (Å²) >= 11 is 0. The van der Waals surface area contributed by atoms with Crippen molar-refractivity contribution in [1.29, 1.82) is 0 Å². The smallest absolute Gasteiger partial charge is 0.268 e. The van der Waals surface area contributed by atoms with E-state index in [2.05, 4.69) is 5.32 Å². The molecule has 0 aliphatic heterocycles. The first-order chi connectivity index (χ1) is 9.29. The second-order valence-electron chi connectivity index (χ2n) is 5.26. The van der Waals surface area contributed by atoms with Crippen molar-refractivity contribution < 1.29 is 9.21 Å². The first kappa shape index (κ1) is 12.3. The Labute approximate surface area is 112 Å². The van der Waals surface area contributed by atoms with Gasteiger partial charge in [-0.3, -0.25) is 4.79 Å². The number of aromatic nitrogens is 1. The van der Waals surface area contributed by atoms with E-state index in [1.54, 1.807) is 6.26 Å². The van der Waals surface area contributed by atoms with E-state index in [9.17, 15) is 4.79 Å². The Hall–Kier alpha value is -1.71. The van der Waals surface area contributed by atoms with E-state index in [0.717, 1.165) is 30.5 Å². The van der Waals surface area contributed by atoms with Crippen molar-refractivity contribution in [2.24, 2.45) is 0 Å². The zero-order valence-electron chi connectivity index (χ0n) is 11.3. The Kier molecular flexibility index (Phi) is 3.32. The molecule has 4 nitrogen and oxygen atoms in total. The van der Waals surface area contributed by atoms with Crippen LogP contribution in [0.4, 0.5) is 0 Å². The molecule has 0 unspecified atom stereocenters. The second kappa shape index (κ2) is 5.11. The summed E-state index contributed by atoms with van der Waals surface area (Å²) in [5, 5.41) is 4.16. The quantitative estimate of drug-likeness (QED) is 0.920. The first-order valence-corrected chi connectivity index (χ1v) is 7.17. The van der Waals surface area contributed by atoms with Gasteiger partial charge in [-0.1, -0.05) is 19.3 Å². The zero-order valence-corrected chi connectivity index (χ0v) is 11.3. The minimum atomic E-state index is 0.0279. The molecule has 2 aromatic heterocycles. The highest BCUT2D eigenvalue weighted by molar-refractivity contribution is 5.97. The zero-order chi connectivity index (χ0) is 13.2. The molecule has 4 heteroatoms. The summed E-state index contributed by atoms with van der Waals surface area (Å²) in [6, 6.07) is 4.16. The molecule has 1 aliphatic rings. The molecule has 1 amide bonds. The van der Waals surface area contributed by atoms with Crippen molar-refractivity contribution >= 4 is 17.0 Å². The van der Waals surface area contributed by atoms with Gasteiger partial charge in [0.05, 0.1) is 6.26 Å². The number of carbonyl (C=O) groups excluding carboxylic acids is 1. The van der Waals surface area contributed by atoms with Crippen molar-refractivity contribution in [2.45, 2.75) is 51.6 Å². The largest absolute Gasteiger partial charge is 0.448 e. The number of nitrogens with zero attached hydrogens (tertiary/aromatic N) is 1. The Morgan fingerprint density at radius 3 is 2.95 bits per heavy atom. The predicted octanol–water partition coefficient (Wildman–Crippen LogP) is 3.32. The maximum Gasteiger partial charge on any atom is 0.268 e. The van der Waals surface area contributed by atoms with Crippen LogP contribution in [0.3, 0.4) is 0 Å². The number of hydrogen-bond donors (Lipinski definition) is 1. The van der Waals surface area contributed by atoms with E-state index in [0.29, 0.717) is 11.7 Å². The number of rotatable bonds is 3. The lowest BCUT2D eigenvalue weighted by Crippen LogP contribution is -2.37. The molecule has 2 aromatic rings. The van der Waals surface area contributed by atoms with Gasteiger partial charge in [-0.05, 0) is 31.9 Å². The molecule has 0 aromatic carbocycles. The maximum atomic E-state index is 12.4. The van der Waals surface area contributed by atoms with E-state index in [-0.39, 0.29) is 5.91 Å². The van der Waals surface area contributed by atoms with Gasteiger partial charge in [0.15, 0.2) is 0 Å². The van der Waals surface area contributed by atoms with Crippen LogP contribution in [0.15, 0.2) is 22.8 Å². The average Bonchev–Trinajstić information content (AvgIpc) is 2.99. The number of fused-ring (bicyclic) bond motifs is 1. The third kappa shape index (κ3) is 2.27. The molecule has 0 radical (unpaired) electrons. The Morgan fingerprint density at radius 1 is 1.42 bits per heavy atom. The van der Waals surface area contributed by atoms with Crippen LogP contribution < -0.4 is 5.32 Å². The standard InChI is InChI=1S/C15H20N2O2/c1-2-17-13(10-11-8-9-19-15(11)17)14(18)16-12-6-4-3-5-7-12/h8-10,12H,2-7H2,1H3,(H,16,18). The van der Waals surface area contributed by atoms with E-state index in [1.807, 2.05) is 23.6 Å². The molecular weight excluding hydrogens is 240 g/mol. The molecule has 1 fully saturated rings. The molecular formula is C15H20N2O2. The average molecular weight is 260 g/mol. The second-order valence-corrected chi connectivity index (χ2v) is 5.26. The SMILES string of the molecule is CCn1c(C(=O)NC2CCCCC2)cc2ccoc21. The number of hydrogen-bond acceptors (Lipinski definition) is 2. The van der Waals surface area contributed by atoms with Gasteiger partial charge in [-0.2, -0.15) is 0 Å². The van der Waals surface area contributed by atoms with Crippen LogP contribution in [0.5, 0.6) is 0 Å². The fourth-order valence-electron chi connectivity index (χ4n) is 2.98. The molecule has 0 bridgehead atoms. The van der Waals surface area contributed by atoms with Gasteiger partial charge in [0.2, 0.25) is 5.71 Å². The fraction of sp³-hybridized carbons (Fsp3) is 0.533. The summed E-state index contributed by atoms with van der Waals surface area (Å²) in [4.78, 5) is 12.4. The number of furan rings is 1. The van der Waals surface area contributed by atoms with E-state index >= 15 is 0 Å². The van der Waals surface area contributed by atoms with Gasteiger partial charge in [0.1, 0.15) is 5.69 Å². The van der Waals surface area contributed by atoms with Crippen LogP contribution in [0, 0.1) is 0 Å². The molecule has 0 saturated heterocycles. The first-order valence-electron chi connectivity index (χ1n) is 7.17. The Bertz CT molecular complexity index is 576. The molecule has 2 heterocycles. The van der Waals surface area contributed by atoms with Crippen molar-refractivity contribution in [2.75, 3.05) is 0 Å². The molecule has 1 saturated carbocycles. The van der Waals surface area contributed by atoms with Crippen LogP contribution >= 0.6 is 0 Å². The van der Waals surface area contributed by atoms with Crippen LogP contribution in [-0.2, 0) is 6.54 Å². The highest BCUT2D eigenvalue weighted by atomic mass is 16.3. The molecule has 1 N–H and O–H groups in total. The van der Waals surface area contributed by atoms with Crippen molar-refractivity contribution in [3.05, 3.63) is 24.1 Å². The van der Waals surface area contributed by atoms with E-state index in [1.165, 1.54) is 19.3 Å². The van der Waals surface area contributed by atoms with Crippen LogP contribution in [0.2, 0.25) is 0 Å². The normalized spacial score (nSPS) is 16.9. The summed E-state index contributed by atoms with van der Waals surface area (Å²) in [6.07, 6.45) is 7.62. The lowest BCUT2D eigenvalue weighted by molar-refractivity contribution is 0.0918. The molecule has 1 aliphatic carbocycles. The number of amides is 1. The Morgan fingerprint density at radius 2 is 2.21 bits per heavy atom.